The van der Waals surface area contributed by atoms with Gasteiger partial charge in [-0.15, -0.1) is 0 Å². The minimum atomic E-state index is -0.499. The maximum Gasteiger partial charge on any atom is 0.211 e. The van der Waals surface area contributed by atoms with Gasteiger partial charge in [0.25, 0.3) is 0 Å². The zero-order chi connectivity index (χ0) is 24.6. The van der Waals surface area contributed by atoms with Crippen LogP contribution in [0.15, 0.2) is 95.2 Å². The second-order valence-electron chi connectivity index (χ2n) is 10.4. The Kier molecular flexibility index (Phi) is 5.90. The molecule has 5 rings (SSSR count). The third-order valence-electron chi connectivity index (χ3n) is 6.97. The number of rotatable bonds is 4. The normalized spacial score (nSPS) is 23.7. The van der Waals surface area contributed by atoms with E-state index in [2.05, 4.69) is 25.2 Å². The summed E-state index contributed by atoms with van der Waals surface area (Å²) in [5, 5.41) is 13.5. The number of nitrogens with zero attached hydrogens (tertiary/aromatic N) is 1. The Balaban J connectivity index is 1.53. The molecule has 0 spiro atoms. The van der Waals surface area contributed by atoms with E-state index in [1.807, 2.05) is 60.7 Å². The van der Waals surface area contributed by atoms with Crippen molar-refractivity contribution in [3.05, 3.63) is 106 Å². The Morgan fingerprint density at radius 2 is 1.60 bits per heavy atom. The molecule has 2 unspecified atom stereocenters. The van der Waals surface area contributed by atoms with Crippen molar-refractivity contribution in [3.63, 3.8) is 0 Å². The summed E-state index contributed by atoms with van der Waals surface area (Å²) in [5.74, 6) is 0.549. The molecule has 0 fully saturated rings. The summed E-state index contributed by atoms with van der Waals surface area (Å²) in [7, 11) is 0. The first-order chi connectivity index (χ1) is 16.8. The SMILES string of the molecule is CC1(C)CC(=O)C2=C(C1)OC(NC1=CC(=O)CC(c3ccccc3)C1)=C(C#N)C2c1ccccc1. The summed E-state index contributed by atoms with van der Waals surface area (Å²) in [6, 6.07) is 21.9. The van der Waals surface area contributed by atoms with Gasteiger partial charge in [-0.2, -0.15) is 5.26 Å². The molecule has 176 valence electrons. The van der Waals surface area contributed by atoms with Crippen LogP contribution in [0, 0.1) is 16.7 Å². The summed E-state index contributed by atoms with van der Waals surface area (Å²) in [4.78, 5) is 25.9. The fourth-order valence-electron chi connectivity index (χ4n) is 5.42. The molecule has 2 aromatic carbocycles. The third-order valence-corrected chi connectivity index (χ3v) is 6.97. The van der Waals surface area contributed by atoms with Gasteiger partial charge >= 0.3 is 0 Å². The average molecular weight is 465 g/mol. The largest absolute Gasteiger partial charge is 0.444 e. The molecule has 5 heteroatoms. The van der Waals surface area contributed by atoms with Gasteiger partial charge in [-0.1, -0.05) is 74.5 Å². The fraction of sp³-hybridized carbons (Fsp3) is 0.300. The van der Waals surface area contributed by atoms with E-state index >= 15 is 0 Å². The number of ether oxygens (including phenoxy) is 1. The van der Waals surface area contributed by atoms with E-state index in [-0.39, 0.29) is 22.9 Å². The van der Waals surface area contributed by atoms with Crippen LogP contribution in [0.2, 0.25) is 0 Å². The molecule has 5 nitrogen and oxygen atoms in total. The summed E-state index contributed by atoms with van der Waals surface area (Å²) in [5.41, 5.74) is 3.41. The Morgan fingerprint density at radius 1 is 0.943 bits per heavy atom. The van der Waals surface area contributed by atoms with E-state index in [1.165, 1.54) is 0 Å². The van der Waals surface area contributed by atoms with Gasteiger partial charge in [-0.25, -0.2) is 0 Å². The second-order valence-corrected chi connectivity index (χ2v) is 10.4. The molecule has 2 atom stereocenters. The lowest BCUT2D eigenvalue weighted by Crippen LogP contribution is -2.35. The zero-order valence-corrected chi connectivity index (χ0v) is 20.0. The minimum absolute atomic E-state index is 0.0214. The quantitative estimate of drug-likeness (QED) is 0.619. The predicted octanol–water partition coefficient (Wildman–Crippen LogP) is 5.80. The molecule has 0 saturated heterocycles. The van der Waals surface area contributed by atoms with Gasteiger partial charge in [-0.05, 0) is 28.9 Å². The molecule has 35 heavy (non-hydrogen) atoms. The molecular formula is C30H28N2O3. The lowest BCUT2D eigenvalue weighted by molar-refractivity contribution is -0.119. The van der Waals surface area contributed by atoms with E-state index in [0.717, 1.165) is 16.8 Å². The molecule has 2 aromatic rings. The van der Waals surface area contributed by atoms with Crippen LogP contribution in [0.3, 0.4) is 0 Å². The smallest absolute Gasteiger partial charge is 0.211 e. The molecular weight excluding hydrogens is 436 g/mol. The lowest BCUT2D eigenvalue weighted by Gasteiger charge is -2.38. The van der Waals surface area contributed by atoms with E-state index in [0.29, 0.717) is 48.5 Å². The number of allylic oxidation sites excluding steroid dienone is 5. The lowest BCUT2D eigenvalue weighted by atomic mass is 9.70. The van der Waals surface area contributed by atoms with Gasteiger partial charge in [0, 0.05) is 36.6 Å². The molecule has 1 heterocycles. The number of carbonyl (C=O) groups is 2. The van der Waals surface area contributed by atoms with E-state index in [4.69, 9.17) is 4.74 Å². The number of benzene rings is 2. The molecule has 3 aliphatic rings. The number of ketones is 2. The highest BCUT2D eigenvalue weighted by atomic mass is 16.5. The summed E-state index contributed by atoms with van der Waals surface area (Å²) >= 11 is 0. The maximum atomic E-state index is 13.3. The van der Waals surface area contributed by atoms with Crippen molar-refractivity contribution in [1.29, 1.82) is 5.26 Å². The monoisotopic (exact) mass is 464 g/mol. The minimum Gasteiger partial charge on any atom is -0.444 e. The molecule has 2 aliphatic carbocycles. The fourth-order valence-corrected chi connectivity index (χ4v) is 5.42. The third kappa shape index (κ3) is 4.57. The highest BCUT2D eigenvalue weighted by Crippen LogP contribution is 2.48. The Labute approximate surface area is 205 Å². The van der Waals surface area contributed by atoms with Gasteiger partial charge in [0.1, 0.15) is 17.4 Å². The first-order valence-electron chi connectivity index (χ1n) is 12.0. The molecule has 0 aromatic heterocycles. The van der Waals surface area contributed by atoms with Crippen molar-refractivity contribution < 1.29 is 14.3 Å². The van der Waals surface area contributed by atoms with Gasteiger partial charge in [-0.3, -0.25) is 9.59 Å². The maximum absolute atomic E-state index is 13.3. The molecule has 0 amide bonds. The molecule has 0 bridgehead atoms. The van der Waals surface area contributed by atoms with Gasteiger partial charge < -0.3 is 10.1 Å². The Bertz CT molecular complexity index is 1310. The van der Waals surface area contributed by atoms with Crippen LogP contribution < -0.4 is 5.32 Å². The number of hydrogen-bond acceptors (Lipinski definition) is 5. The van der Waals surface area contributed by atoms with E-state index < -0.39 is 5.92 Å². The Hall–Kier alpha value is -3.91. The molecule has 0 radical (unpaired) electrons. The van der Waals surface area contributed by atoms with Crippen LogP contribution in [0.25, 0.3) is 0 Å². The number of nitrogens with one attached hydrogen (secondary N) is 1. The first-order valence-corrected chi connectivity index (χ1v) is 12.0. The van der Waals surface area contributed by atoms with E-state index in [1.54, 1.807) is 6.08 Å². The van der Waals surface area contributed by atoms with Crippen LogP contribution in [0.4, 0.5) is 0 Å². The predicted molar refractivity (Wildman–Crippen MR) is 133 cm³/mol. The standard InChI is InChI=1S/C30H28N2O3/c1-30(2)16-25(34)28-26(17-30)35-29(24(18-31)27(28)20-11-7-4-8-12-20)32-22-13-21(14-23(33)15-22)19-9-5-3-6-10-19/h3-12,15,21,27,32H,13-14,16-17H2,1-2H3. The molecule has 0 saturated carbocycles. The topological polar surface area (TPSA) is 79.2 Å². The number of nitriles is 1. The average Bonchev–Trinajstić information content (AvgIpc) is 2.83. The Morgan fingerprint density at radius 3 is 2.26 bits per heavy atom. The summed E-state index contributed by atoms with van der Waals surface area (Å²) < 4.78 is 6.28. The summed E-state index contributed by atoms with van der Waals surface area (Å²) in [6.45, 7) is 4.11. The van der Waals surface area contributed by atoms with Crippen LogP contribution >= 0.6 is 0 Å². The zero-order valence-electron chi connectivity index (χ0n) is 20.0. The summed E-state index contributed by atoms with van der Waals surface area (Å²) in [6.07, 6.45) is 3.71. The van der Waals surface area contributed by atoms with Crippen molar-refractivity contribution in [2.75, 3.05) is 0 Å². The van der Waals surface area contributed by atoms with Crippen molar-refractivity contribution in [2.45, 2.75) is 51.4 Å². The number of Topliss-reactive ketones (excluding diaryl/α,β-unsaturated/α-hetero) is 1. The number of carbonyl (C=O) groups excluding carboxylic acids is 2. The van der Waals surface area contributed by atoms with Crippen molar-refractivity contribution in [2.24, 2.45) is 5.41 Å². The first kappa shape index (κ1) is 22.9. The van der Waals surface area contributed by atoms with Crippen molar-refractivity contribution in [1.82, 2.24) is 5.32 Å². The molecule has 1 N–H and O–H groups in total. The highest BCUT2D eigenvalue weighted by molar-refractivity contribution is 6.00. The van der Waals surface area contributed by atoms with Crippen molar-refractivity contribution in [3.8, 4) is 6.07 Å². The highest BCUT2D eigenvalue weighted by Gasteiger charge is 2.43. The second kappa shape index (κ2) is 9.03. The van der Waals surface area contributed by atoms with Crippen LogP contribution in [-0.4, -0.2) is 11.6 Å². The van der Waals surface area contributed by atoms with E-state index in [9.17, 15) is 14.9 Å². The van der Waals surface area contributed by atoms with Gasteiger partial charge in [0.2, 0.25) is 5.88 Å². The number of hydrogen-bond donors (Lipinski definition) is 1. The van der Waals surface area contributed by atoms with Crippen molar-refractivity contribution >= 4 is 11.6 Å². The van der Waals surface area contributed by atoms with Crippen LogP contribution in [0.1, 0.15) is 62.5 Å². The van der Waals surface area contributed by atoms with Crippen LogP contribution in [0.5, 0.6) is 0 Å². The van der Waals surface area contributed by atoms with Crippen LogP contribution in [-0.2, 0) is 14.3 Å². The van der Waals surface area contributed by atoms with Gasteiger partial charge in [0.15, 0.2) is 11.6 Å². The molecule has 1 aliphatic heterocycles. The van der Waals surface area contributed by atoms with Gasteiger partial charge in [0.05, 0.1) is 5.92 Å².